The quantitative estimate of drug-likeness (QED) is 0.305. The first-order valence-electron chi connectivity index (χ1n) is 9.47. The van der Waals surface area contributed by atoms with Gasteiger partial charge in [-0.15, -0.1) is 20.2 Å². The maximum Gasteiger partial charge on any atom is 0.414 e. The van der Waals surface area contributed by atoms with Crippen LogP contribution in [0.3, 0.4) is 0 Å². The first kappa shape index (κ1) is 26.2. The number of nitrogens with zero attached hydrogens (tertiary/aromatic N) is 5. The molecule has 1 aromatic carbocycles. The van der Waals surface area contributed by atoms with Crippen molar-refractivity contribution in [3.63, 3.8) is 0 Å². The lowest BCUT2D eigenvalue weighted by Gasteiger charge is -2.14. The summed E-state index contributed by atoms with van der Waals surface area (Å²) < 4.78 is 10.1. The molecule has 0 fully saturated rings. The Bertz CT molecular complexity index is 1220. The van der Waals surface area contributed by atoms with Crippen molar-refractivity contribution >= 4 is 46.6 Å². The van der Waals surface area contributed by atoms with Crippen LogP contribution >= 0.6 is 23.2 Å². The van der Waals surface area contributed by atoms with E-state index in [4.69, 9.17) is 33.2 Å². The average molecular weight is 510 g/mol. The van der Waals surface area contributed by atoms with E-state index in [2.05, 4.69) is 25.3 Å². The molecule has 0 atom stereocenters. The zero-order valence-corrected chi connectivity index (χ0v) is 19.5. The number of hydrogen-bond donors (Lipinski definition) is 2. The van der Waals surface area contributed by atoms with Crippen LogP contribution in [-0.4, -0.2) is 34.5 Å². The van der Waals surface area contributed by atoms with Crippen molar-refractivity contribution < 1.29 is 19.1 Å². The Morgan fingerprint density at radius 1 is 1.29 bits per heavy atom. The van der Waals surface area contributed by atoms with Gasteiger partial charge in [-0.3, -0.25) is 14.9 Å². The fourth-order valence-electron chi connectivity index (χ4n) is 2.40. The summed E-state index contributed by atoms with van der Waals surface area (Å²) >= 11 is 12.4. The predicted octanol–water partition coefficient (Wildman–Crippen LogP) is 3.63. The molecule has 0 aliphatic carbocycles. The molecule has 0 radical (unpaired) electrons. The van der Waals surface area contributed by atoms with Gasteiger partial charge in [0.1, 0.15) is 6.07 Å². The number of alkyl carbamates (subject to hydrolysis) is 1. The maximum atomic E-state index is 12.0. The minimum absolute atomic E-state index is 0.00522. The number of aromatic amines is 1. The van der Waals surface area contributed by atoms with E-state index in [1.807, 2.05) is 13.8 Å². The van der Waals surface area contributed by atoms with Crippen molar-refractivity contribution in [2.45, 2.75) is 26.7 Å². The van der Waals surface area contributed by atoms with Crippen LogP contribution in [0.5, 0.6) is 11.6 Å². The van der Waals surface area contributed by atoms with E-state index in [1.54, 1.807) is 5.32 Å². The van der Waals surface area contributed by atoms with Crippen molar-refractivity contribution in [3.05, 3.63) is 49.1 Å². The maximum absolute atomic E-state index is 12.0. The molecule has 0 bridgehead atoms. The molecule has 1 aromatic heterocycles. The summed E-state index contributed by atoms with van der Waals surface area (Å²) in [7, 11) is 0. The van der Waals surface area contributed by atoms with E-state index in [0.29, 0.717) is 10.7 Å². The molecule has 0 unspecified atom stereocenters. The van der Waals surface area contributed by atoms with Crippen molar-refractivity contribution in [1.82, 2.24) is 15.5 Å². The minimum atomic E-state index is -1.23. The van der Waals surface area contributed by atoms with Gasteiger partial charge in [-0.1, -0.05) is 37.0 Å². The summed E-state index contributed by atoms with van der Waals surface area (Å²) in [6.07, 6.45) is -1.11. The number of imide groups is 1. The van der Waals surface area contributed by atoms with E-state index < -0.39 is 17.7 Å². The Balaban J connectivity index is 2.35. The van der Waals surface area contributed by atoms with Crippen molar-refractivity contribution in [3.8, 4) is 17.7 Å². The van der Waals surface area contributed by atoms with Crippen LogP contribution in [0.1, 0.15) is 32.3 Å². The second-order valence-corrected chi connectivity index (χ2v) is 7.41. The largest absolute Gasteiger partial charge is 0.450 e. The third kappa shape index (κ3) is 6.50. The minimum Gasteiger partial charge on any atom is -0.450 e. The molecule has 0 saturated carbocycles. The molecule has 0 saturated heterocycles. The van der Waals surface area contributed by atoms with Gasteiger partial charge in [0, 0.05) is 11.6 Å². The summed E-state index contributed by atoms with van der Waals surface area (Å²) in [6.45, 7) is 5.12. The number of carbonyl (C=O) groups is 2. The number of carbonyl (C=O) groups excluding carboxylic acids is 2. The number of H-pyrrole nitrogens is 1. The van der Waals surface area contributed by atoms with Crippen LogP contribution in [0.4, 0.5) is 10.5 Å². The topological polar surface area (TPSA) is 179 Å². The molecule has 0 spiro atoms. The zero-order valence-electron chi connectivity index (χ0n) is 18.0. The normalized spacial score (nSPS) is 10.9. The molecule has 1 heterocycles. The molecule has 2 N–H and O–H groups in total. The summed E-state index contributed by atoms with van der Waals surface area (Å²) in [4.78, 5) is 46.5. The molecule has 2 rings (SSSR count). The number of ether oxygens (including phenoxy) is 2. The second-order valence-electron chi connectivity index (χ2n) is 6.59. The summed E-state index contributed by atoms with van der Waals surface area (Å²) in [5.74, 6) is -1.39. The SMILES string of the molecule is CCOC(=O)NC(=O)/C(C#N)=N\N(N=O)c1cc(Cl)c(Oc2cc(C(C)C)c(=O)[nH]n2)c(Cl)c1. The molecular formula is C19H17Cl2N7O6. The van der Waals surface area contributed by atoms with Crippen molar-refractivity contribution in [2.75, 3.05) is 11.7 Å². The van der Waals surface area contributed by atoms with Gasteiger partial charge in [0.25, 0.3) is 11.5 Å². The number of amides is 2. The number of nitrogens with one attached hydrogen (secondary N) is 2. The molecule has 178 valence electrons. The van der Waals surface area contributed by atoms with Crippen LogP contribution in [0.25, 0.3) is 0 Å². The number of halogens is 2. The lowest BCUT2D eigenvalue weighted by atomic mass is 10.1. The number of hydrazone groups is 1. The third-order valence-corrected chi connectivity index (χ3v) is 4.50. The number of aromatic nitrogens is 2. The van der Waals surface area contributed by atoms with Gasteiger partial charge in [-0.2, -0.15) is 5.26 Å². The molecule has 2 aromatic rings. The van der Waals surface area contributed by atoms with E-state index in [-0.39, 0.29) is 45.4 Å². The highest BCUT2D eigenvalue weighted by molar-refractivity contribution is 6.47. The highest BCUT2D eigenvalue weighted by Crippen LogP contribution is 2.39. The summed E-state index contributed by atoms with van der Waals surface area (Å²) in [5, 5.41) is 23.3. The first-order chi connectivity index (χ1) is 16.1. The van der Waals surface area contributed by atoms with Crippen molar-refractivity contribution in [1.29, 1.82) is 5.26 Å². The predicted molar refractivity (Wildman–Crippen MR) is 122 cm³/mol. The number of anilines is 1. The molecule has 15 heteroatoms. The lowest BCUT2D eigenvalue weighted by Crippen LogP contribution is -2.36. The molecular weight excluding hydrogens is 493 g/mol. The smallest absolute Gasteiger partial charge is 0.414 e. The zero-order chi connectivity index (χ0) is 25.4. The Morgan fingerprint density at radius 3 is 2.47 bits per heavy atom. The van der Waals surface area contributed by atoms with Crippen LogP contribution in [0, 0.1) is 16.2 Å². The number of nitriles is 1. The van der Waals surface area contributed by atoms with E-state index in [1.165, 1.54) is 31.2 Å². The van der Waals surface area contributed by atoms with Gasteiger partial charge in [0.05, 0.1) is 27.6 Å². The number of benzene rings is 1. The molecule has 13 nitrogen and oxygen atoms in total. The molecule has 0 aliphatic heterocycles. The highest BCUT2D eigenvalue weighted by Gasteiger charge is 2.21. The number of hydrogen-bond acceptors (Lipinski definition) is 10. The third-order valence-electron chi connectivity index (χ3n) is 3.94. The van der Waals surface area contributed by atoms with Crippen LogP contribution < -0.4 is 20.7 Å². The Hall–Kier alpha value is -4.02. The van der Waals surface area contributed by atoms with Crippen molar-refractivity contribution in [2.24, 2.45) is 10.4 Å². The molecule has 0 aliphatic rings. The van der Waals surface area contributed by atoms with Gasteiger partial charge in [-0.05, 0) is 25.0 Å². The van der Waals surface area contributed by atoms with Crippen LogP contribution in [0.15, 0.2) is 33.4 Å². The van der Waals surface area contributed by atoms with Gasteiger partial charge >= 0.3 is 6.09 Å². The average Bonchev–Trinajstić information content (AvgIpc) is 2.77. The summed E-state index contributed by atoms with van der Waals surface area (Å²) in [6, 6.07) is 5.20. The van der Waals surface area contributed by atoms with Gasteiger partial charge in [-0.25, -0.2) is 9.89 Å². The van der Waals surface area contributed by atoms with Gasteiger partial charge in [0.15, 0.2) is 5.75 Å². The Morgan fingerprint density at radius 2 is 1.94 bits per heavy atom. The number of nitroso groups, excluding NO2 is 1. The van der Waals surface area contributed by atoms with Gasteiger partial charge in [0.2, 0.25) is 11.6 Å². The summed E-state index contributed by atoms with van der Waals surface area (Å²) in [5.41, 5.74) is -0.962. The Kier molecular flexibility index (Phi) is 9.05. The Labute approximate surface area is 202 Å². The standard InChI is InChI=1S/C19H17Cl2N7O6/c1-4-33-19(31)23-18(30)14(8-22)26-28(27-32)10-5-12(20)16(13(21)6-10)34-15-7-11(9(2)3)17(29)25-24-15/h5-7,9H,4H2,1-3H3,(H,25,29)(H,23,30,31)/b26-14-. The lowest BCUT2D eigenvalue weighted by molar-refractivity contribution is -0.114. The van der Waals surface area contributed by atoms with Crippen LogP contribution in [-0.2, 0) is 9.53 Å². The fraction of sp³-hybridized carbons (Fsp3) is 0.263. The second kappa shape index (κ2) is 11.7. The van der Waals surface area contributed by atoms with E-state index in [9.17, 15) is 19.3 Å². The van der Waals surface area contributed by atoms with E-state index >= 15 is 0 Å². The molecule has 2 amide bonds. The first-order valence-corrected chi connectivity index (χ1v) is 10.2. The fourth-order valence-corrected chi connectivity index (χ4v) is 2.95. The van der Waals surface area contributed by atoms with E-state index in [0.717, 1.165) is 0 Å². The van der Waals surface area contributed by atoms with Gasteiger partial charge < -0.3 is 9.47 Å². The monoisotopic (exact) mass is 509 g/mol. The van der Waals surface area contributed by atoms with Crippen LogP contribution in [0.2, 0.25) is 10.0 Å². The number of rotatable bonds is 8. The highest BCUT2D eigenvalue weighted by atomic mass is 35.5. The molecule has 34 heavy (non-hydrogen) atoms.